The van der Waals surface area contributed by atoms with Gasteiger partial charge in [0.1, 0.15) is 6.29 Å². The van der Waals surface area contributed by atoms with E-state index in [1.54, 1.807) is 0 Å². The van der Waals surface area contributed by atoms with Crippen LogP contribution in [0, 0.1) is 10.1 Å². The second-order valence-corrected chi connectivity index (χ2v) is 3.98. The van der Waals surface area contributed by atoms with E-state index in [1.807, 2.05) is 0 Å². The third kappa shape index (κ3) is 2.40. The number of hydrogen-bond donors (Lipinski definition) is 0. The van der Waals surface area contributed by atoms with E-state index in [0.717, 1.165) is 12.8 Å². The van der Waals surface area contributed by atoms with E-state index in [1.165, 1.54) is 0 Å². The Balaban J connectivity index is 2.88. The van der Waals surface area contributed by atoms with Crippen molar-refractivity contribution in [2.45, 2.75) is 50.5 Å². The highest BCUT2D eigenvalue weighted by Gasteiger charge is 2.49. The SMILES string of the molecule is O=CCCC1([N+](=O)[O-])CCCCCC1=O. The number of nitrogens with zero attached hydrogens (tertiary/aromatic N) is 1. The minimum Gasteiger partial charge on any atom is -0.303 e. The topological polar surface area (TPSA) is 77.3 Å². The molecule has 0 saturated heterocycles. The molecule has 1 saturated carbocycles. The van der Waals surface area contributed by atoms with Gasteiger partial charge >= 0.3 is 0 Å². The van der Waals surface area contributed by atoms with E-state index >= 15 is 0 Å². The van der Waals surface area contributed by atoms with Gasteiger partial charge in [-0.2, -0.15) is 0 Å². The fourth-order valence-electron chi connectivity index (χ4n) is 2.10. The van der Waals surface area contributed by atoms with Gasteiger partial charge in [0.15, 0.2) is 0 Å². The number of nitro groups is 1. The monoisotopic (exact) mass is 213 g/mol. The highest BCUT2D eigenvalue weighted by atomic mass is 16.6. The van der Waals surface area contributed by atoms with Crippen LogP contribution in [-0.4, -0.2) is 22.5 Å². The molecule has 1 aliphatic carbocycles. The molecule has 15 heavy (non-hydrogen) atoms. The van der Waals surface area contributed by atoms with Crippen molar-refractivity contribution in [3.8, 4) is 0 Å². The number of hydrogen-bond acceptors (Lipinski definition) is 4. The molecule has 0 heterocycles. The summed E-state index contributed by atoms with van der Waals surface area (Å²) in [5.41, 5.74) is -1.47. The van der Waals surface area contributed by atoms with Crippen molar-refractivity contribution < 1.29 is 14.5 Å². The summed E-state index contributed by atoms with van der Waals surface area (Å²) in [6.45, 7) is 0. The molecule has 0 N–H and O–H groups in total. The van der Waals surface area contributed by atoms with Crippen LogP contribution in [0.4, 0.5) is 0 Å². The summed E-state index contributed by atoms with van der Waals surface area (Å²) >= 11 is 0. The molecule has 0 radical (unpaired) electrons. The zero-order valence-electron chi connectivity index (χ0n) is 8.61. The molecule has 1 atom stereocenters. The van der Waals surface area contributed by atoms with Gasteiger partial charge in [-0.3, -0.25) is 14.9 Å². The second kappa shape index (κ2) is 5.00. The van der Waals surface area contributed by atoms with Crippen LogP contribution in [0.25, 0.3) is 0 Å². The van der Waals surface area contributed by atoms with E-state index in [9.17, 15) is 19.7 Å². The Hall–Kier alpha value is -1.26. The van der Waals surface area contributed by atoms with E-state index in [2.05, 4.69) is 0 Å². The number of rotatable bonds is 4. The largest absolute Gasteiger partial charge is 0.303 e. The van der Waals surface area contributed by atoms with Crippen LogP contribution in [0.3, 0.4) is 0 Å². The Kier molecular flexibility index (Phi) is 3.94. The number of carbonyl (C=O) groups is 2. The summed E-state index contributed by atoms with van der Waals surface area (Å²) in [6.07, 6.45) is 3.65. The molecule has 1 rings (SSSR count). The first-order valence-corrected chi connectivity index (χ1v) is 5.25. The molecule has 1 unspecified atom stereocenters. The summed E-state index contributed by atoms with van der Waals surface area (Å²) in [7, 11) is 0. The number of ketones is 1. The van der Waals surface area contributed by atoms with Crippen LogP contribution in [0.15, 0.2) is 0 Å². The van der Waals surface area contributed by atoms with Crippen LogP contribution >= 0.6 is 0 Å². The molecule has 5 heteroatoms. The standard InChI is InChI=1S/C10H15NO4/c12-8-4-7-10(11(14)15)6-3-1-2-5-9(10)13/h8H,1-7H2. The number of Topliss-reactive ketones (excluding diaryl/α,β-unsaturated/α-hetero) is 1. The van der Waals surface area contributed by atoms with Gasteiger partial charge in [0.25, 0.3) is 5.54 Å². The van der Waals surface area contributed by atoms with Gasteiger partial charge in [-0.05, 0) is 12.8 Å². The van der Waals surface area contributed by atoms with Gasteiger partial charge in [0.05, 0.1) is 0 Å². The van der Waals surface area contributed by atoms with Crippen molar-refractivity contribution >= 4 is 12.1 Å². The first-order valence-electron chi connectivity index (χ1n) is 5.25. The fraction of sp³-hybridized carbons (Fsp3) is 0.800. The molecule has 0 bridgehead atoms. The third-order valence-electron chi connectivity index (χ3n) is 3.04. The maximum atomic E-state index is 11.7. The highest BCUT2D eigenvalue weighted by molar-refractivity contribution is 5.87. The van der Waals surface area contributed by atoms with E-state index in [-0.39, 0.29) is 31.5 Å². The van der Waals surface area contributed by atoms with E-state index in [0.29, 0.717) is 12.7 Å². The van der Waals surface area contributed by atoms with Crippen LogP contribution in [0.2, 0.25) is 0 Å². The summed E-state index contributed by atoms with van der Waals surface area (Å²) < 4.78 is 0. The average Bonchev–Trinajstić information content (AvgIpc) is 2.38. The van der Waals surface area contributed by atoms with Crippen molar-refractivity contribution in [1.29, 1.82) is 0 Å². The van der Waals surface area contributed by atoms with Crippen LogP contribution in [0.5, 0.6) is 0 Å². The van der Waals surface area contributed by atoms with E-state index in [4.69, 9.17) is 0 Å². The first kappa shape index (κ1) is 11.8. The van der Waals surface area contributed by atoms with Gasteiger partial charge < -0.3 is 4.79 Å². The first-order chi connectivity index (χ1) is 7.13. The molecule has 84 valence electrons. The highest BCUT2D eigenvalue weighted by Crippen LogP contribution is 2.30. The zero-order valence-corrected chi connectivity index (χ0v) is 8.61. The van der Waals surface area contributed by atoms with Crippen molar-refractivity contribution in [1.82, 2.24) is 0 Å². The molecule has 0 aromatic rings. The quantitative estimate of drug-likeness (QED) is 0.307. The molecular formula is C10H15NO4. The average molecular weight is 213 g/mol. The Bertz CT molecular complexity index is 277. The molecule has 0 spiro atoms. The molecule has 0 aromatic heterocycles. The second-order valence-electron chi connectivity index (χ2n) is 3.98. The van der Waals surface area contributed by atoms with Crippen molar-refractivity contribution in [2.24, 2.45) is 0 Å². The van der Waals surface area contributed by atoms with E-state index < -0.39 is 10.5 Å². The van der Waals surface area contributed by atoms with Gasteiger partial charge in [0, 0.05) is 30.6 Å². The smallest absolute Gasteiger partial charge is 0.279 e. The maximum absolute atomic E-state index is 11.7. The number of carbonyl (C=O) groups excluding carboxylic acids is 2. The zero-order chi connectivity index (χ0) is 11.3. The lowest BCUT2D eigenvalue weighted by Gasteiger charge is -2.21. The molecule has 0 aliphatic heterocycles. The lowest BCUT2D eigenvalue weighted by Crippen LogP contribution is -2.45. The van der Waals surface area contributed by atoms with Gasteiger partial charge in [-0.1, -0.05) is 6.42 Å². The molecular weight excluding hydrogens is 198 g/mol. The Morgan fingerprint density at radius 2 is 2.13 bits per heavy atom. The lowest BCUT2D eigenvalue weighted by atomic mass is 9.85. The van der Waals surface area contributed by atoms with Gasteiger partial charge in [0.2, 0.25) is 5.78 Å². The Morgan fingerprint density at radius 1 is 1.40 bits per heavy atom. The fourth-order valence-corrected chi connectivity index (χ4v) is 2.10. The lowest BCUT2D eigenvalue weighted by molar-refractivity contribution is -0.554. The normalized spacial score (nSPS) is 27.1. The number of aldehydes is 1. The Labute approximate surface area is 88.0 Å². The van der Waals surface area contributed by atoms with Crippen molar-refractivity contribution in [2.75, 3.05) is 0 Å². The molecule has 1 aliphatic rings. The predicted molar refractivity (Wildman–Crippen MR) is 53.1 cm³/mol. The molecule has 0 amide bonds. The van der Waals surface area contributed by atoms with Gasteiger partial charge in [-0.25, -0.2) is 0 Å². The molecule has 1 fully saturated rings. The van der Waals surface area contributed by atoms with Crippen molar-refractivity contribution in [3.63, 3.8) is 0 Å². The van der Waals surface area contributed by atoms with Gasteiger partial charge in [-0.15, -0.1) is 0 Å². The molecule has 0 aromatic carbocycles. The van der Waals surface area contributed by atoms with Crippen LogP contribution < -0.4 is 0 Å². The summed E-state index contributed by atoms with van der Waals surface area (Å²) in [5.74, 6) is -0.299. The third-order valence-corrected chi connectivity index (χ3v) is 3.04. The van der Waals surface area contributed by atoms with Crippen molar-refractivity contribution in [3.05, 3.63) is 10.1 Å². The molecule has 5 nitrogen and oxygen atoms in total. The predicted octanol–water partition coefficient (Wildman–Crippen LogP) is 1.51. The summed E-state index contributed by atoms with van der Waals surface area (Å²) in [5, 5.41) is 11.0. The summed E-state index contributed by atoms with van der Waals surface area (Å²) in [6, 6.07) is 0. The Morgan fingerprint density at radius 3 is 2.73 bits per heavy atom. The van der Waals surface area contributed by atoms with Crippen LogP contribution in [0.1, 0.15) is 44.9 Å². The minimum absolute atomic E-state index is 0.0579. The van der Waals surface area contributed by atoms with Crippen LogP contribution in [-0.2, 0) is 9.59 Å². The minimum atomic E-state index is -1.47. The summed E-state index contributed by atoms with van der Waals surface area (Å²) in [4.78, 5) is 32.5. The maximum Gasteiger partial charge on any atom is 0.279 e.